The third kappa shape index (κ3) is 4.78. The van der Waals surface area contributed by atoms with Crippen LogP contribution in [-0.4, -0.2) is 30.5 Å². The quantitative estimate of drug-likeness (QED) is 0.378. The number of unbranched alkanes of at least 4 members (excludes halogenated alkanes) is 3. The average molecular weight is 387 g/mol. The van der Waals surface area contributed by atoms with Gasteiger partial charge in [0, 0.05) is 0 Å². The summed E-state index contributed by atoms with van der Waals surface area (Å²) < 4.78 is 10.7. The Morgan fingerprint density at radius 3 is 1.75 bits per heavy atom. The molecule has 0 radical (unpaired) electrons. The second-order valence-electron chi connectivity index (χ2n) is 6.28. The van der Waals surface area contributed by atoms with Crippen LogP contribution in [0, 0.1) is 0 Å². The van der Waals surface area contributed by atoms with Crippen molar-refractivity contribution >= 4 is 24.3 Å². The van der Waals surface area contributed by atoms with Crippen LogP contribution in [-0.2, 0) is 9.53 Å². The van der Waals surface area contributed by atoms with Crippen LogP contribution in [0.2, 0.25) is 13.3 Å². The van der Waals surface area contributed by atoms with E-state index in [2.05, 4.69) is 26.8 Å². The molecule has 0 aromatic rings. The number of hydrogen-bond acceptors (Lipinski definition) is 2. The van der Waals surface area contributed by atoms with Crippen molar-refractivity contribution in [2.24, 2.45) is 0 Å². The number of cyclic esters (lactones) is 1. The third-order valence-electron chi connectivity index (χ3n) is 4.51. The van der Waals surface area contributed by atoms with Gasteiger partial charge in [-0.2, -0.15) is 0 Å². The number of carbonyl (C=O) groups excluding carboxylic acids is 1. The molecule has 1 aliphatic rings. The first-order chi connectivity index (χ1) is 9.59. The molecule has 0 unspecified atom stereocenters. The van der Waals surface area contributed by atoms with Crippen molar-refractivity contribution in [3.8, 4) is 0 Å². The van der Waals surface area contributed by atoms with Crippen molar-refractivity contribution in [1.29, 1.82) is 0 Å². The van der Waals surface area contributed by atoms with E-state index >= 15 is 0 Å². The maximum atomic E-state index is 12.3. The maximum absolute atomic E-state index is 12.3. The van der Waals surface area contributed by atoms with Gasteiger partial charge in [-0.15, -0.1) is 0 Å². The fourth-order valence-corrected chi connectivity index (χ4v) is 19.6. The van der Waals surface area contributed by atoms with Crippen LogP contribution in [0.5, 0.6) is 0 Å². The molecule has 0 aromatic carbocycles. The normalized spacial score (nSPS) is 19.1. The zero-order chi connectivity index (χ0) is 15.0. The van der Waals surface area contributed by atoms with E-state index in [0.717, 1.165) is 0 Å². The van der Waals surface area contributed by atoms with Crippen LogP contribution in [0.4, 0.5) is 0 Å². The molecule has 1 aliphatic heterocycles. The van der Waals surface area contributed by atoms with E-state index < -0.39 is 18.4 Å². The summed E-state index contributed by atoms with van der Waals surface area (Å²) in [7, 11) is 0. The Kier molecular flexibility index (Phi) is 8.23. The Hall–Kier alpha value is 0.00870. The first-order valence-corrected chi connectivity index (χ1v) is 16.0. The molecule has 0 saturated carbocycles. The van der Waals surface area contributed by atoms with E-state index in [9.17, 15) is 4.79 Å². The van der Waals surface area contributed by atoms with Gasteiger partial charge in [-0.3, -0.25) is 0 Å². The average Bonchev–Trinajstić information content (AvgIpc) is 2.78. The molecule has 0 aromatic heterocycles. The Morgan fingerprint density at radius 2 is 1.45 bits per heavy atom. The monoisotopic (exact) mass is 388 g/mol. The van der Waals surface area contributed by atoms with Crippen molar-refractivity contribution in [2.75, 3.05) is 0 Å². The van der Waals surface area contributed by atoms with Gasteiger partial charge in [0.05, 0.1) is 0 Å². The van der Waals surface area contributed by atoms with Gasteiger partial charge in [-0.05, 0) is 0 Å². The minimum atomic E-state index is -2.52. The van der Waals surface area contributed by atoms with Crippen LogP contribution in [0.25, 0.3) is 0 Å². The second-order valence-corrected chi connectivity index (χ2v) is 19.4. The molecule has 0 fully saturated rings. The minimum absolute atomic E-state index is 0.0125. The summed E-state index contributed by atoms with van der Waals surface area (Å²) in [5.41, 5.74) is 0. The number of esters is 1. The fourth-order valence-electron chi connectivity index (χ4n) is 3.29. The van der Waals surface area contributed by atoms with Gasteiger partial charge in [0.1, 0.15) is 0 Å². The number of rotatable bonds is 10. The van der Waals surface area contributed by atoms with Crippen LogP contribution < -0.4 is 0 Å². The first-order valence-electron chi connectivity index (χ1n) is 8.53. The zero-order valence-electron chi connectivity index (χ0n) is 13.8. The predicted octanol–water partition coefficient (Wildman–Crippen LogP) is 5.25. The summed E-state index contributed by atoms with van der Waals surface area (Å²) in [6.45, 7) is 8.79. The molecule has 20 heavy (non-hydrogen) atoms. The van der Waals surface area contributed by atoms with Gasteiger partial charge in [-0.25, -0.2) is 0 Å². The summed E-state index contributed by atoms with van der Waals surface area (Å²) in [5.74, 6) is 0.0385. The van der Waals surface area contributed by atoms with E-state index in [1.165, 1.54) is 55.4 Å². The Labute approximate surface area is 129 Å². The SMILES string of the molecule is CCC[CH2][Sn]([CH2]CCC)([CH2]CCC)[C]1=C[C@@H](C)OC1=O. The van der Waals surface area contributed by atoms with Crippen molar-refractivity contribution in [2.45, 2.75) is 85.6 Å². The molecule has 1 rings (SSSR count). The van der Waals surface area contributed by atoms with Crippen molar-refractivity contribution in [3.63, 3.8) is 0 Å². The second kappa shape index (κ2) is 9.11. The molecule has 1 heterocycles. The van der Waals surface area contributed by atoms with Crippen molar-refractivity contribution < 1.29 is 9.53 Å². The fraction of sp³-hybridized carbons (Fsp3) is 0.824. The van der Waals surface area contributed by atoms with Gasteiger partial charge in [0.2, 0.25) is 0 Å². The van der Waals surface area contributed by atoms with Gasteiger partial charge < -0.3 is 0 Å². The molecule has 0 saturated heterocycles. The molecule has 1 atom stereocenters. The van der Waals surface area contributed by atoms with Crippen molar-refractivity contribution in [3.05, 3.63) is 9.67 Å². The topological polar surface area (TPSA) is 26.3 Å². The summed E-state index contributed by atoms with van der Waals surface area (Å²) >= 11 is -2.52. The van der Waals surface area contributed by atoms with Gasteiger partial charge in [0.15, 0.2) is 0 Å². The van der Waals surface area contributed by atoms with Crippen molar-refractivity contribution in [1.82, 2.24) is 0 Å². The van der Waals surface area contributed by atoms with E-state index in [4.69, 9.17) is 4.74 Å². The standard InChI is InChI=1S/C5H5O2.3C4H9.Sn/c1-4-2-3-5(6)7-4;3*1-3-4-2;/h2,4H,1H3;3*1,3-4H2,2H3;/t4-;;;;/m1..../s1. The number of ether oxygens (including phenoxy) is 1. The number of carbonyl (C=O) groups is 1. The Morgan fingerprint density at radius 1 is 1.00 bits per heavy atom. The first kappa shape index (κ1) is 18.1. The van der Waals surface area contributed by atoms with Gasteiger partial charge in [-0.1, -0.05) is 0 Å². The zero-order valence-corrected chi connectivity index (χ0v) is 16.7. The summed E-state index contributed by atoms with van der Waals surface area (Å²) in [5, 5.41) is 0. The predicted molar refractivity (Wildman–Crippen MR) is 88.5 cm³/mol. The summed E-state index contributed by atoms with van der Waals surface area (Å²) in [6.07, 6.45) is 9.81. The van der Waals surface area contributed by atoms with Crippen LogP contribution >= 0.6 is 0 Å². The molecule has 0 aliphatic carbocycles. The third-order valence-corrected chi connectivity index (χ3v) is 20.1. The van der Waals surface area contributed by atoms with E-state index in [1.807, 2.05) is 6.92 Å². The van der Waals surface area contributed by atoms with E-state index in [0.29, 0.717) is 0 Å². The molecular formula is C17H32O2Sn. The molecular weight excluding hydrogens is 355 g/mol. The Bertz CT molecular complexity index is 314. The Balaban J connectivity index is 2.99. The molecule has 0 bridgehead atoms. The molecule has 2 nitrogen and oxygen atoms in total. The van der Waals surface area contributed by atoms with E-state index in [-0.39, 0.29) is 12.1 Å². The summed E-state index contributed by atoms with van der Waals surface area (Å²) in [4.78, 5) is 12.3. The van der Waals surface area contributed by atoms with Gasteiger partial charge >= 0.3 is 129 Å². The molecule has 0 N–H and O–H groups in total. The number of hydrogen-bond donors (Lipinski definition) is 0. The molecule has 0 spiro atoms. The molecule has 0 amide bonds. The van der Waals surface area contributed by atoms with Crippen LogP contribution in [0.15, 0.2) is 9.67 Å². The van der Waals surface area contributed by atoms with Gasteiger partial charge in [0.25, 0.3) is 0 Å². The summed E-state index contributed by atoms with van der Waals surface area (Å²) in [6, 6.07) is 0. The molecule has 116 valence electrons. The molecule has 3 heteroatoms. The van der Waals surface area contributed by atoms with Crippen LogP contribution in [0.3, 0.4) is 0 Å². The van der Waals surface area contributed by atoms with E-state index in [1.54, 1.807) is 0 Å². The van der Waals surface area contributed by atoms with Crippen LogP contribution in [0.1, 0.15) is 66.2 Å².